The summed E-state index contributed by atoms with van der Waals surface area (Å²) in [7, 11) is 0. The fourth-order valence-electron chi connectivity index (χ4n) is 5.70. The number of aliphatic hydroxyl groups is 2. The maximum absolute atomic E-state index is 13.9. The number of piperazine rings is 1. The van der Waals surface area contributed by atoms with Crippen LogP contribution in [0.1, 0.15) is 49.3 Å². The molecule has 1 aromatic carbocycles. The van der Waals surface area contributed by atoms with E-state index in [9.17, 15) is 32.2 Å². The van der Waals surface area contributed by atoms with Crippen molar-refractivity contribution in [3.05, 3.63) is 59.0 Å². The summed E-state index contributed by atoms with van der Waals surface area (Å²) in [6.07, 6.45) is -5.84. The van der Waals surface area contributed by atoms with Gasteiger partial charge in [0.1, 0.15) is 11.5 Å². The van der Waals surface area contributed by atoms with Crippen LogP contribution in [0.4, 0.5) is 33.5 Å². The summed E-state index contributed by atoms with van der Waals surface area (Å²) in [6.45, 7) is 3.23. The van der Waals surface area contributed by atoms with E-state index in [4.69, 9.17) is 11.6 Å². The predicted molar refractivity (Wildman–Crippen MR) is 149 cm³/mol. The quantitative estimate of drug-likeness (QED) is 0.259. The third-order valence-electron chi connectivity index (χ3n) is 7.86. The van der Waals surface area contributed by atoms with Crippen molar-refractivity contribution in [2.24, 2.45) is 0 Å². The van der Waals surface area contributed by atoms with Crippen molar-refractivity contribution in [3.8, 4) is 11.1 Å². The van der Waals surface area contributed by atoms with Crippen molar-refractivity contribution < 1.29 is 32.2 Å². The van der Waals surface area contributed by atoms with E-state index in [1.165, 1.54) is 4.68 Å². The summed E-state index contributed by atoms with van der Waals surface area (Å²) in [5.74, 6) is 0.739. The fraction of sp³-hybridized carbons (Fsp3) is 0.500. The minimum Gasteiger partial charge on any atom is -0.369 e. The molecule has 2 aliphatic rings. The molecular formula is C28H32ClF5N6O2. The molecule has 8 nitrogen and oxygen atoms in total. The lowest BCUT2D eigenvalue weighted by molar-refractivity contribution is -0.138. The lowest BCUT2D eigenvalue weighted by Crippen LogP contribution is -2.47. The van der Waals surface area contributed by atoms with Crippen molar-refractivity contribution in [1.82, 2.24) is 19.7 Å². The maximum atomic E-state index is 13.9. The van der Waals surface area contributed by atoms with Crippen LogP contribution < -0.4 is 9.80 Å². The van der Waals surface area contributed by atoms with Crippen molar-refractivity contribution in [3.63, 3.8) is 0 Å². The van der Waals surface area contributed by atoms with E-state index in [-0.39, 0.29) is 12.1 Å². The van der Waals surface area contributed by atoms with Gasteiger partial charge in [-0.25, -0.2) is 13.8 Å². The van der Waals surface area contributed by atoms with Gasteiger partial charge in [0.15, 0.2) is 6.29 Å². The Bertz CT molecular complexity index is 1350. The Morgan fingerprint density at radius 1 is 0.976 bits per heavy atom. The summed E-state index contributed by atoms with van der Waals surface area (Å²) in [4.78, 5) is 10.6. The van der Waals surface area contributed by atoms with E-state index in [0.29, 0.717) is 57.1 Å². The van der Waals surface area contributed by atoms with Crippen LogP contribution in [-0.4, -0.2) is 81.9 Å². The first-order valence-corrected chi connectivity index (χ1v) is 14.1. The van der Waals surface area contributed by atoms with Crippen molar-refractivity contribution in [2.45, 2.75) is 44.2 Å². The van der Waals surface area contributed by atoms with E-state index in [1.807, 2.05) is 34.1 Å². The van der Waals surface area contributed by atoms with Gasteiger partial charge in [-0.3, -0.25) is 9.58 Å². The summed E-state index contributed by atoms with van der Waals surface area (Å²) >= 11 is 6.38. The Kier molecular flexibility index (Phi) is 9.21. The molecule has 0 bridgehead atoms. The first-order chi connectivity index (χ1) is 20.0. The van der Waals surface area contributed by atoms with Crippen LogP contribution in [0.15, 0.2) is 42.7 Å². The van der Waals surface area contributed by atoms with Crippen molar-refractivity contribution in [1.29, 1.82) is 0 Å². The van der Waals surface area contributed by atoms with E-state index in [0.717, 1.165) is 28.8 Å². The monoisotopic (exact) mass is 614 g/mol. The van der Waals surface area contributed by atoms with Gasteiger partial charge >= 0.3 is 6.18 Å². The van der Waals surface area contributed by atoms with Crippen LogP contribution in [0.3, 0.4) is 0 Å². The Labute approximate surface area is 244 Å². The molecule has 3 aromatic rings. The van der Waals surface area contributed by atoms with Crippen molar-refractivity contribution >= 4 is 23.1 Å². The van der Waals surface area contributed by atoms with Gasteiger partial charge in [-0.15, -0.1) is 0 Å². The van der Waals surface area contributed by atoms with Crippen LogP contribution in [-0.2, 0) is 0 Å². The lowest BCUT2D eigenvalue weighted by atomic mass is 10.00. The molecule has 0 saturated carbocycles. The summed E-state index contributed by atoms with van der Waals surface area (Å²) in [5.41, 5.74) is 1.70. The van der Waals surface area contributed by atoms with Gasteiger partial charge in [0.2, 0.25) is 0 Å². The topological polar surface area (TPSA) is 80.9 Å². The van der Waals surface area contributed by atoms with E-state index < -0.39 is 37.0 Å². The highest BCUT2D eigenvalue weighted by Crippen LogP contribution is 2.38. The molecule has 0 amide bonds. The second-order valence-corrected chi connectivity index (χ2v) is 11.0. The number of aromatic nitrogens is 3. The van der Waals surface area contributed by atoms with Crippen molar-refractivity contribution in [2.75, 3.05) is 55.6 Å². The number of halogens is 6. The Morgan fingerprint density at radius 3 is 2.38 bits per heavy atom. The Morgan fingerprint density at radius 2 is 1.74 bits per heavy atom. The molecule has 1 unspecified atom stereocenters. The zero-order valence-electron chi connectivity index (χ0n) is 22.7. The highest BCUT2D eigenvalue weighted by atomic mass is 35.5. The first-order valence-electron chi connectivity index (χ1n) is 13.8. The summed E-state index contributed by atoms with van der Waals surface area (Å²) in [5, 5.41) is 23.7. The minimum atomic E-state index is -4.16. The lowest BCUT2D eigenvalue weighted by Gasteiger charge is -2.36. The molecule has 2 aromatic heterocycles. The molecule has 0 aliphatic carbocycles. The average molecular weight is 615 g/mol. The molecule has 4 heterocycles. The normalized spacial score (nSPS) is 18.9. The fourth-order valence-corrected chi connectivity index (χ4v) is 5.87. The highest BCUT2D eigenvalue weighted by molar-refractivity contribution is 6.31. The zero-order valence-corrected chi connectivity index (χ0v) is 23.4. The number of hydrogen-bond donors (Lipinski definition) is 2. The van der Waals surface area contributed by atoms with Gasteiger partial charge < -0.3 is 20.0 Å². The number of anilines is 2. The van der Waals surface area contributed by atoms with Crippen LogP contribution in [0.25, 0.3) is 11.1 Å². The molecule has 2 N–H and O–H groups in total. The molecule has 2 fully saturated rings. The number of alkyl halides is 5. The third kappa shape index (κ3) is 6.96. The Balaban J connectivity index is 1.32. The number of pyridine rings is 1. The van der Waals surface area contributed by atoms with Gasteiger partial charge in [-0.05, 0) is 37.1 Å². The number of benzene rings is 1. The summed E-state index contributed by atoms with van der Waals surface area (Å²) in [6, 6.07) is 8.89. The highest BCUT2D eigenvalue weighted by Gasteiger charge is 2.31. The molecule has 0 radical (unpaired) electrons. The van der Waals surface area contributed by atoms with Crippen LogP contribution in [0.2, 0.25) is 5.02 Å². The largest absolute Gasteiger partial charge is 0.390 e. The van der Waals surface area contributed by atoms with Gasteiger partial charge in [-0.2, -0.15) is 18.3 Å². The second-order valence-electron chi connectivity index (χ2n) is 10.6. The molecule has 2 aliphatic heterocycles. The number of aliphatic hydroxyl groups excluding tert-OH is 1. The SMILES string of the molecule is OC(O)c1cnn(C2CCCN(c3cc(Cl)ccc3-c3ccc(N4CCN(CCC(F)(F)F)CC4)nc3)C2)c1C(F)F. The maximum Gasteiger partial charge on any atom is 0.390 e. The molecule has 14 heteroatoms. The van der Waals surface area contributed by atoms with E-state index in [2.05, 4.69) is 15.0 Å². The van der Waals surface area contributed by atoms with Crippen LogP contribution in [0, 0.1) is 0 Å². The molecule has 42 heavy (non-hydrogen) atoms. The molecule has 0 spiro atoms. The molecule has 1 atom stereocenters. The van der Waals surface area contributed by atoms with Crippen LogP contribution >= 0.6 is 11.6 Å². The second kappa shape index (κ2) is 12.7. The van der Waals surface area contributed by atoms with E-state index >= 15 is 0 Å². The standard InChI is InChI=1S/C28H32ClF5N6O2/c29-19-4-5-21(18-3-6-24(35-15-18)38-12-10-37(11-13-38)9-7-28(32,33)34)23(14-19)39-8-1-2-20(17-39)40-25(26(30)31)22(16-36-40)27(41)42/h3-6,14-16,20,26-27,41-42H,1-2,7-13,17H2. The Hall–Kier alpha value is -3.00. The third-order valence-corrected chi connectivity index (χ3v) is 8.09. The minimum absolute atomic E-state index is 0.00515. The first kappa shape index (κ1) is 30.5. The average Bonchev–Trinajstić information content (AvgIpc) is 3.43. The number of hydrogen-bond acceptors (Lipinski definition) is 7. The molecular weight excluding hydrogens is 583 g/mol. The molecule has 2 saturated heterocycles. The smallest absolute Gasteiger partial charge is 0.369 e. The summed E-state index contributed by atoms with van der Waals surface area (Å²) < 4.78 is 66.7. The molecule has 5 rings (SSSR count). The van der Waals surface area contributed by atoms with Gasteiger partial charge in [0.05, 0.1) is 24.2 Å². The number of piperidine rings is 1. The van der Waals surface area contributed by atoms with Gasteiger partial charge in [0, 0.05) is 73.8 Å². The number of nitrogens with zero attached hydrogens (tertiary/aromatic N) is 6. The van der Waals surface area contributed by atoms with Crippen LogP contribution in [0.5, 0.6) is 0 Å². The molecule has 228 valence electrons. The van der Waals surface area contributed by atoms with Gasteiger partial charge in [0.25, 0.3) is 6.43 Å². The van der Waals surface area contributed by atoms with E-state index in [1.54, 1.807) is 12.3 Å². The zero-order chi connectivity index (χ0) is 30.0. The van der Waals surface area contributed by atoms with Gasteiger partial charge in [-0.1, -0.05) is 17.7 Å². The number of rotatable bonds is 8. The predicted octanol–water partition coefficient (Wildman–Crippen LogP) is 5.44.